The van der Waals surface area contributed by atoms with Crippen molar-refractivity contribution in [2.75, 3.05) is 25.0 Å². The molecule has 0 aliphatic rings. The first kappa shape index (κ1) is 17.5. The lowest BCUT2D eigenvalue weighted by molar-refractivity contribution is -0.121. The third-order valence-electron chi connectivity index (χ3n) is 3.48. The van der Waals surface area contributed by atoms with Crippen molar-refractivity contribution in [3.05, 3.63) is 42.2 Å². The maximum absolute atomic E-state index is 12.6. The molecule has 0 saturated heterocycles. The molecule has 0 bridgehead atoms. The molecule has 0 spiro atoms. The molecule has 0 unspecified atom stereocenters. The number of benzene rings is 1. The topological polar surface area (TPSA) is 79.3 Å². The molecule has 0 aliphatic carbocycles. The van der Waals surface area contributed by atoms with E-state index in [0.717, 1.165) is 11.4 Å². The van der Waals surface area contributed by atoms with Gasteiger partial charge in [0.2, 0.25) is 5.91 Å². The van der Waals surface area contributed by atoms with E-state index in [9.17, 15) is 9.59 Å². The Kier molecular flexibility index (Phi) is 5.95. The summed E-state index contributed by atoms with van der Waals surface area (Å²) in [7, 11) is 1.84. The fraction of sp³-hybridized carbons (Fsp3) is 0.353. The average molecular weight is 329 g/mol. The normalized spacial score (nSPS) is 10.3. The molecule has 2 N–H and O–H groups in total. The molecule has 0 saturated carbocycles. The van der Waals surface area contributed by atoms with Crippen molar-refractivity contribution in [1.82, 2.24) is 20.0 Å². The van der Waals surface area contributed by atoms with E-state index in [-0.39, 0.29) is 18.4 Å². The van der Waals surface area contributed by atoms with Gasteiger partial charge in [-0.05, 0) is 32.0 Å². The molecule has 2 aromatic rings. The van der Waals surface area contributed by atoms with Crippen LogP contribution in [-0.2, 0) is 11.8 Å². The number of anilines is 2. The standard InChI is InChI=1S/C17H23N5O2/c1-4-18-16(23)12-22(5-2)17(24)13-7-6-8-14(9-13)20-15-10-19-21(3)11-15/h6-11,20H,4-5,12H2,1-3H3,(H,18,23). The number of amides is 2. The number of nitrogens with one attached hydrogen (secondary N) is 2. The number of aryl methyl sites for hydroxylation is 1. The van der Waals surface area contributed by atoms with Crippen LogP contribution in [0.15, 0.2) is 36.7 Å². The summed E-state index contributed by atoms with van der Waals surface area (Å²) in [5.74, 6) is -0.323. The Labute approximate surface area is 141 Å². The van der Waals surface area contributed by atoms with Gasteiger partial charge in [0.25, 0.3) is 5.91 Å². The predicted molar refractivity (Wildman–Crippen MR) is 93.2 cm³/mol. The number of carbonyl (C=O) groups is 2. The van der Waals surface area contributed by atoms with Crippen LogP contribution < -0.4 is 10.6 Å². The van der Waals surface area contributed by atoms with E-state index in [0.29, 0.717) is 18.7 Å². The molecule has 0 atom stereocenters. The van der Waals surface area contributed by atoms with Gasteiger partial charge in [-0.3, -0.25) is 14.3 Å². The second kappa shape index (κ2) is 8.14. The van der Waals surface area contributed by atoms with Gasteiger partial charge in [-0.2, -0.15) is 5.10 Å². The first-order valence-electron chi connectivity index (χ1n) is 7.95. The molecule has 24 heavy (non-hydrogen) atoms. The van der Waals surface area contributed by atoms with Gasteiger partial charge in [-0.15, -0.1) is 0 Å². The highest BCUT2D eigenvalue weighted by atomic mass is 16.2. The van der Waals surface area contributed by atoms with Crippen molar-refractivity contribution in [2.24, 2.45) is 7.05 Å². The highest BCUT2D eigenvalue weighted by molar-refractivity contribution is 5.97. The Bertz CT molecular complexity index is 711. The minimum Gasteiger partial charge on any atom is -0.355 e. The molecular formula is C17H23N5O2. The third-order valence-corrected chi connectivity index (χ3v) is 3.48. The minimum absolute atomic E-state index is 0.0590. The second-order valence-corrected chi connectivity index (χ2v) is 5.38. The minimum atomic E-state index is -0.168. The molecule has 2 rings (SSSR count). The first-order valence-corrected chi connectivity index (χ1v) is 7.95. The summed E-state index contributed by atoms with van der Waals surface area (Å²) in [5, 5.41) is 10.0. The van der Waals surface area contributed by atoms with Gasteiger partial charge >= 0.3 is 0 Å². The fourth-order valence-corrected chi connectivity index (χ4v) is 2.32. The van der Waals surface area contributed by atoms with E-state index in [2.05, 4.69) is 15.7 Å². The first-order chi connectivity index (χ1) is 11.5. The largest absolute Gasteiger partial charge is 0.355 e. The fourth-order valence-electron chi connectivity index (χ4n) is 2.32. The maximum Gasteiger partial charge on any atom is 0.254 e. The van der Waals surface area contributed by atoms with Crippen LogP contribution in [0.3, 0.4) is 0 Å². The van der Waals surface area contributed by atoms with Crippen LogP contribution in [0, 0.1) is 0 Å². The zero-order valence-corrected chi connectivity index (χ0v) is 14.2. The molecule has 7 heteroatoms. The van der Waals surface area contributed by atoms with Crippen molar-refractivity contribution in [3.8, 4) is 0 Å². The van der Waals surface area contributed by atoms with E-state index in [1.807, 2.05) is 39.2 Å². The lowest BCUT2D eigenvalue weighted by atomic mass is 10.1. The summed E-state index contributed by atoms with van der Waals surface area (Å²) in [6, 6.07) is 7.21. The molecule has 128 valence electrons. The molecule has 1 aromatic heterocycles. The van der Waals surface area contributed by atoms with E-state index in [1.54, 1.807) is 23.0 Å². The molecular weight excluding hydrogens is 306 g/mol. The van der Waals surface area contributed by atoms with Crippen LogP contribution in [0.2, 0.25) is 0 Å². The third kappa shape index (κ3) is 4.58. The number of hydrogen-bond acceptors (Lipinski definition) is 4. The van der Waals surface area contributed by atoms with Crippen LogP contribution in [-0.4, -0.2) is 46.1 Å². The monoisotopic (exact) mass is 329 g/mol. The van der Waals surface area contributed by atoms with Gasteiger partial charge < -0.3 is 15.5 Å². The van der Waals surface area contributed by atoms with Gasteiger partial charge in [0.1, 0.15) is 0 Å². The van der Waals surface area contributed by atoms with E-state index in [4.69, 9.17) is 0 Å². The van der Waals surface area contributed by atoms with Crippen molar-refractivity contribution in [1.29, 1.82) is 0 Å². The van der Waals surface area contributed by atoms with E-state index in [1.165, 1.54) is 4.90 Å². The summed E-state index contributed by atoms with van der Waals surface area (Å²) >= 11 is 0. The van der Waals surface area contributed by atoms with E-state index >= 15 is 0 Å². The number of hydrogen-bond donors (Lipinski definition) is 2. The molecule has 7 nitrogen and oxygen atoms in total. The highest BCUT2D eigenvalue weighted by Gasteiger charge is 2.17. The van der Waals surface area contributed by atoms with E-state index < -0.39 is 0 Å². The van der Waals surface area contributed by atoms with Crippen molar-refractivity contribution < 1.29 is 9.59 Å². The lowest BCUT2D eigenvalue weighted by Crippen LogP contribution is -2.40. The molecule has 0 aliphatic heterocycles. The number of nitrogens with zero attached hydrogens (tertiary/aromatic N) is 3. The van der Waals surface area contributed by atoms with Crippen LogP contribution >= 0.6 is 0 Å². The molecule has 1 aromatic carbocycles. The van der Waals surface area contributed by atoms with Crippen LogP contribution in [0.25, 0.3) is 0 Å². The Morgan fingerprint density at radius 3 is 2.67 bits per heavy atom. The number of likely N-dealkylation sites (N-methyl/N-ethyl adjacent to an activating group) is 2. The van der Waals surface area contributed by atoms with Crippen LogP contribution in [0.1, 0.15) is 24.2 Å². The van der Waals surface area contributed by atoms with Gasteiger partial charge in [-0.1, -0.05) is 6.07 Å². The summed E-state index contributed by atoms with van der Waals surface area (Å²) < 4.78 is 1.70. The maximum atomic E-state index is 12.6. The van der Waals surface area contributed by atoms with Crippen molar-refractivity contribution >= 4 is 23.2 Å². The number of rotatable bonds is 7. The van der Waals surface area contributed by atoms with Crippen molar-refractivity contribution in [2.45, 2.75) is 13.8 Å². The SMILES string of the molecule is CCNC(=O)CN(CC)C(=O)c1cccc(Nc2cnn(C)c2)c1. The smallest absolute Gasteiger partial charge is 0.254 e. The van der Waals surface area contributed by atoms with Gasteiger partial charge in [-0.25, -0.2) is 0 Å². The highest BCUT2D eigenvalue weighted by Crippen LogP contribution is 2.18. The van der Waals surface area contributed by atoms with Gasteiger partial charge in [0, 0.05) is 37.6 Å². The van der Waals surface area contributed by atoms with Crippen LogP contribution in [0.5, 0.6) is 0 Å². The number of aromatic nitrogens is 2. The zero-order chi connectivity index (χ0) is 17.5. The van der Waals surface area contributed by atoms with Crippen molar-refractivity contribution in [3.63, 3.8) is 0 Å². The summed E-state index contributed by atoms with van der Waals surface area (Å²) in [4.78, 5) is 25.9. The number of carbonyl (C=O) groups excluding carboxylic acids is 2. The summed E-state index contributed by atoms with van der Waals surface area (Å²) in [5.41, 5.74) is 2.18. The molecule has 0 radical (unpaired) electrons. The lowest BCUT2D eigenvalue weighted by Gasteiger charge is -2.20. The Balaban J connectivity index is 2.10. The van der Waals surface area contributed by atoms with Gasteiger partial charge in [0.15, 0.2) is 0 Å². The average Bonchev–Trinajstić information content (AvgIpc) is 2.97. The summed E-state index contributed by atoms with van der Waals surface area (Å²) in [6.45, 7) is 4.78. The molecule has 2 amide bonds. The Morgan fingerprint density at radius 1 is 1.25 bits per heavy atom. The predicted octanol–water partition coefficient (Wildman–Crippen LogP) is 1.76. The second-order valence-electron chi connectivity index (χ2n) is 5.38. The Hall–Kier alpha value is -2.83. The molecule has 1 heterocycles. The quantitative estimate of drug-likeness (QED) is 0.811. The van der Waals surface area contributed by atoms with Crippen LogP contribution in [0.4, 0.5) is 11.4 Å². The Morgan fingerprint density at radius 2 is 2.04 bits per heavy atom. The summed E-state index contributed by atoms with van der Waals surface area (Å²) in [6.07, 6.45) is 3.56. The zero-order valence-electron chi connectivity index (χ0n) is 14.2. The molecule has 0 fully saturated rings. The van der Waals surface area contributed by atoms with Gasteiger partial charge in [0.05, 0.1) is 18.4 Å².